The third-order valence-electron chi connectivity index (χ3n) is 8.75. The van der Waals surface area contributed by atoms with Gasteiger partial charge in [0.25, 0.3) is 5.56 Å². The minimum absolute atomic E-state index is 0.0320. The highest BCUT2D eigenvalue weighted by molar-refractivity contribution is 7.80. The molecular formula is C30H32N4O4S. The lowest BCUT2D eigenvalue weighted by Crippen LogP contribution is -2.67. The Labute approximate surface area is 232 Å². The summed E-state index contributed by atoms with van der Waals surface area (Å²) in [5, 5.41) is 2.18. The molecule has 202 valence electrons. The van der Waals surface area contributed by atoms with Crippen molar-refractivity contribution >= 4 is 39.9 Å². The van der Waals surface area contributed by atoms with Crippen molar-refractivity contribution in [1.82, 2.24) is 19.3 Å². The van der Waals surface area contributed by atoms with E-state index in [4.69, 9.17) is 17.0 Å². The largest absolute Gasteiger partial charge is 0.496 e. The molecule has 2 bridgehead atoms. The fourth-order valence-corrected chi connectivity index (χ4v) is 7.14. The van der Waals surface area contributed by atoms with Gasteiger partial charge in [-0.15, -0.1) is 0 Å². The predicted octanol–water partition coefficient (Wildman–Crippen LogP) is 2.87. The van der Waals surface area contributed by atoms with Crippen LogP contribution in [0, 0.1) is 11.3 Å². The lowest BCUT2D eigenvalue weighted by molar-refractivity contribution is -0.157. The van der Waals surface area contributed by atoms with Crippen molar-refractivity contribution in [1.29, 1.82) is 0 Å². The van der Waals surface area contributed by atoms with Gasteiger partial charge in [-0.3, -0.25) is 24.2 Å². The molecule has 0 unspecified atom stereocenters. The van der Waals surface area contributed by atoms with Crippen LogP contribution in [-0.2, 0) is 22.6 Å². The van der Waals surface area contributed by atoms with Crippen LogP contribution in [0.4, 0.5) is 0 Å². The van der Waals surface area contributed by atoms with Gasteiger partial charge >= 0.3 is 0 Å². The number of hydrogen-bond donors (Lipinski definition) is 0. The molecule has 2 atom stereocenters. The van der Waals surface area contributed by atoms with Gasteiger partial charge in [0.05, 0.1) is 7.11 Å². The van der Waals surface area contributed by atoms with Gasteiger partial charge in [-0.25, -0.2) is 0 Å². The van der Waals surface area contributed by atoms with Gasteiger partial charge in [-0.2, -0.15) is 0 Å². The van der Waals surface area contributed by atoms with Crippen molar-refractivity contribution in [3.05, 3.63) is 76.2 Å². The Morgan fingerprint density at radius 3 is 2.41 bits per heavy atom. The van der Waals surface area contributed by atoms with Crippen LogP contribution >= 0.6 is 12.2 Å². The number of hydrogen-bond acceptors (Lipinski definition) is 6. The number of methoxy groups -OCH3 is 1. The molecule has 0 spiro atoms. The highest BCUT2D eigenvalue weighted by Crippen LogP contribution is 2.41. The number of carbonyl (C=O) groups excluding carboxylic acids is 2. The second-order valence-corrected chi connectivity index (χ2v) is 11.5. The minimum Gasteiger partial charge on any atom is -0.496 e. The average Bonchev–Trinajstić information content (AvgIpc) is 2.94. The smallest absolute Gasteiger partial charge is 0.250 e. The van der Waals surface area contributed by atoms with Crippen LogP contribution in [0.2, 0.25) is 0 Å². The summed E-state index contributed by atoms with van der Waals surface area (Å²) in [6.45, 7) is 2.30. The Hall–Kier alpha value is -3.56. The van der Waals surface area contributed by atoms with Gasteiger partial charge in [-0.05, 0) is 47.5 Å². The third-order valence-corrected chi connectivity index (χ3v) is 9.29. The summed E-state index contributed by atoms with van der Waals surface area (Å²) in [5.41, 5.74) is 0.515. The summed E-state index contributed by atoms with van der Waals surface area (Å²) in [7, 11) is 4.91. The van der Waals surface area contributed by atoms with E-state index in [0.717, 1.165) is 28.5 Å². The number of thiocarbonyl (C=S) groups is 1. The summed E-state index contributed by atoms with van der Waals surface area (Å²) in [6.07, 6.45) is 1.18. The molecule has 39 heavy (non-hydrogen) atoms. The van der Waals surface area contributed by atoms with E-state index in [1.807, 2.05) is 53.1 Å². The number of likely N-dealkylation sites (tertiary alicyclic amines) is 1. The highest BCUT2D eigenvalue weighted by Gasteiger charge is 2.56. The zero-order valence-electron chi connectivity index (χ0n) is 22.4. The van der Waals surface area contributed by atoms with Gasteiger partial charge < -0.3 is 14.2 Å². The number of benzene rings is 2. The van der Waals surface area contributed by atoms with E-state index in [-0.39, 0.29) is 47.3 Å². The number of amides is 2. The van der Waals surface area contributed by atoms with Crippen LogP contribution in [0.15, 0.2) is 59.4 Å². The topological polar surface area (TPSA) is 75.1 Å². The molecular weight excluding hydrogens is 512 g/mol. The Morgan fingerprint density at radius 1 is 0.923 bits per heavy atom. The molecule has 6 rings (SSSR count). The van der Waals surface area contributed by atoms with Crippen molar-refractivity contribution < 1.29 is 14.3 Å². The van der Waals surface area contributed by atoms with Gasteiger partial charge in [-0.1, -0.05) is 36.4 Å². The lowest BCUT2D eigenvalue weighted by atomic mass is 9.74. The Kier molecular flexibility index (Phi) is 6.31. The van der Waals surface area contributed by atoms with Crippen molar-refractivity contribution in [2.45, 2.75) is 25.3 Å². The van der Waals surface area contributed by atoms with E-state index in [1.54, 1.807) is 27.3 Å². The molecule has 2 aromatic carbocycles. The molecule has 2 saturated heterocycles. The zero-order chi connectivity index (χ0) is 27.5. The van der Waals surface area contributed by atoms with Crippen LogP contribution in [0.3, 0.4) is 0 Å². The number of nitrogens with zero attached hydrogens (tertiary/aromatic N) is 4. The predicted molar refractivity (Wildman–Crippen MR) is 153 cm³/mol. The fraction of sp³-hybridized carbons (Fsp3) is 0.400. The van der Waals surface area contributed by atoms with Gasteiger partial charge in [0.2, 0.25) is 11.8 Å². The number of piperidine rings is 1. The van der Waals surface area contributed by atoms with Crippen LogP contribution in [0.5, 0.6) is 5.75 Å². The standard InChI is InChI=1S/C30H32N4O4S/c1-31-27(36)30(28(37)32(2)29(31)39,14-23-22-8-5-4-7-20(22)11-12-25(23)38-3)18-33-15-19-13-21(17-33)24-9-6-10-26(35)34(24)16-19/h4-12,19,21H,13-18H2,1-3H3/t19-,21+/m0/s1. The number of ether oxygens (including phenoxy) is 1. The number of pyridine rings is 1. The third kappa shape index (κ3) is 4.06. The first-order valence-electron chi connectivity index (χ1n) is 13.3. The van der Waals surface area contributed by atoms with Gasteiger partial charge in [0, 0.05) is 69.9 Å². The molecule has 0 N–H and O–H groups in total. The van der Waals surface area contributed by atoms with Crippen LogP contribution in [0.25, 0.3) is 10.8 Å². The normalized spacial score (nSPS) is 22.8. The van der Waals surface area contributed by atoms with E-state index in [9.17, 15) is 14.4 Å². The van der Waals surface area contributed by atoms with Gasteiger partial charge in [0.1, 0.15) is 11.2 Å². The molecule has 9 heteroatoms. The molecule has 0 radical (unpaired) electrons. The number of aromatic nitrogens is 1. The maximum atomic E-state index is 14.2. The molecule has 2 amide bonds. The second kappa shape index (κ2) is 9.57. The molecule has 3 aromatic rings. The van der Waals surface area contributed by atoms with Crippen LogP contribution < -0.4 is 10.3 Å². The van der Waals surface area contributed by atoms with Crippen molar-refractivity contribution in [2.24, 2.45) is 11.3 Å². The van der Waals surface area contributed by atoms with Crippen molar-refractivity contribution in [3.8, 4) is 5.75 Å². The summed E-state index contributed by atoms with van der Waals surface area (Å²) in [6, 6.07) is 17.3. The van der Waals surface area contributed by atoms with Crippen LogP contribution in [-0.4, -0.2) is 77.0 Å². The van der Waals surface area contributed by atoms with E-state index >= 15 is 0 Å². The quantitative estimate of drug-likeness (QED) is 0.363. The number of fused-ring (bicyclic) bond motifs is 5. The van der Waals surface area contributed by atoms with E-state index in [2.05, 4.69) is 4.90 Å². The first kappa shape index (κ1) is 25.7. The van der Waals surface area contributed by atoms with Gasteiger partial charge in [0.15, 0.2) is 5.11 Å². The molecule has 8 nitrogen and oxygen atoms in total. The Bertz CT molecular complexity index is 1540. The average molecular weight is 545 g/mol. The second-order valence-electron chi connectivity index (χ2n) is 11.1. The number of rotatable bonds is 5. The zero-order valence-corrected chi connectivity index (χ0v) is 23.2. The minimum atomic E-state index is -1.38. The lowest BCUT2D eigenvalue weighted by Gasteiger charge is -2.49. The van der Waals surface area contributed by atoms with Crippen LogP contribution in [0.1, 0.15) is 23.6 Å². The molecule has 0 aliphatic carbocycles. The maximum absolute atomic E-state index is 14.2. The highest BCUT2D eigenvalue weighted by atomic mass is 32.1. The molecule has 2 fully saturated rings. The Balaban J connectivity index is 1.44. The monoisotopic (exact) mass is 544 g/mol. The molecule has 1 aromatic heterocycles. The maximum Gasteiger partial charge on any atom is 0.250 e. The number of carbonyl (C=O) groups is 2. The first-order valence-corrected chi connectivity index (χ1v) is 13.7. The molecule has 3 aliphatic heterocycles. The van der Waals surface area contributed by atoms with Crippen molar-refractivity contribution in [2.75, 3.05) is 40.8 Å². The first-order chi connectivity index (χ1) is 18.7. The van der Waals surface area contributed by atoms with E-state index in [1.165, 1.54) is 9.80 Å². The SMILES string of the molecule is COc1ccc2ccccc2c1CC1(CN2C[C@@H]3C[C@H](C2)c2cccc(=O)n2C3)C(=O)N(C)C(=S)N(C)C1=O. The summed E-state index contributed by atoms with van der Waals surface area (Å²) in [5.74, 6) is 0.499. The summed E-state index contributed by atoms with van der Waals surface area (Å²) < 4.78 is 7.66. The molecule has 3 aliphatic rings. The van der Waals surface area contributed by atoms with Crippen molar-refractivity contribution in [3.63, 3.8) is 0 Å². The Morgan fingerprint density at radius 2 is 1.67 bits per heavy atom. The molecule has 4 heterocycles. The van der Waals surface area contributed by atoms with E-state index < -0.39 is 5.41 Å². The molecule has 0 saturated carbocycles. The fourth-order valence-electron chi connectivity index (χ4n) is 6.97. The summed E-state index contributed by atoms with van der Waals surface area (Å²) in [4.78, 5) is 46.0. The van der Waals surface area contributed by atoms with E-state index in [0.29, 0.717) is 25.4 Å². The summed E-state index contributed by atoms with van der Waals surface area (Å²) >= 11 is 5.46.